The molecule has 1 fully saturated rings. The summed E-state index contributed by atoms with van der Waals surface area (Å²) in [5.41, 5.74) is 4.35. The molecular formula is C27H28N6S. The van der Waals surface area contributed by atoms with E-state index >= 15 is 0 Å². The Balaban J connectivity index is 1.38. The Morgan fingerprint density at radius 3 is 2.44 bits per heavy atom. The molecule has 0 amide bonds. The summed E-state index contributed by atoms with van der Waals surface area (Å²) in [6.07, 6.45) is 6.77. The van der Waals surface area contributed by atoms with Gasteiger partial charge in [-0.1, -0.05) is 30.3 Å². The third kappa shape index (κ3) is 4.94. The number of thiocarbonyl (C=S) groups is 1. The molecular weight excluding hydrogens is 440 g/mol. The standard InChI is InChI=1S/C27H28N6S/c34-27-31-25(23-13-5-7-16-30-23)26(33(27)19-9-17-28-21-10-2-1-3-11-21)24-14-8-18-32(24)20-22-12-4-6-15-29-22/h1-8,10-16,18,25-26,28H,9,17,19-20H2,(H,31,34). The topological polar surface area (TPSA) is 58.0 Å². The Morgan fingerprint density at radius 1 is 0.882 bits per heavy atom. The Hall–Kier alpha value is -3.71. The van der Waals surface area contributed by atoms with Crippen molar-refractivity contribution in [3.63, 3.8) is 0 Å². The highest BCUT2D eigenvalue weighted by atomic mass is 32.1. The molecule has 34 heavy (non-hydrogen) atoms. The zero-order valence-electron chi connectivity index (χ0n) is 18.9. The molecule has 3 aromatic heterocycles. The van der Waals surface area contributed by atoms with Crippen LogP contribution in [0.1, 0.15) is 35.6 Å². The van der Waals surface area contributed by atoms with Crippen LogP contribution in [-0.2, 0) is 6.54 Å². The van der Waals surface area contributed by atoms with Gasteiger partial charge in [0.15, 0.2) is 5.11 Å². The van der Waals surface area contributed by atoms with Gasteiger partial charge in [0.05, 0.1) is 30.0 Å². The molecule has 1 saturated heterocycles. The number of para-hydroxylation sites is 1. The maximum Gasteiger partial charge on any atom is 0.170 e. The SMILES string of the molecule is S=C1NC(c2ccccn2)C(c2cccn2Cc2ccccn2)N1CCCNc1ccccc1. The molecule has 2 N–H and O–H groups in total. The maximum atomic E-state index is 5.83. The normalized spacial score (nSPS) is 17.5. The van der Waals surface area contributed by atoms with Gasteiger partial charge in [-0.2, -0.15) is 0 Å². The Morgan fingerprint density at radius 2 is 1.68 bits per heavy atom. The van der Waals surface area contributed by atoms with Crippen molar-refractivity contribution >= 4 is 23.0 Å². The molecule has 0 saturated carbocycles. The van der Waals surface area contributed by atoms with Gasteiger partial charge in [0, 0.05) is 43.1 Å². The lowest BCUT2D eigenvalue weighted by Crippen LogP contribution is -2.32. The van der Waals surface area contributed by atoms with Crippen molar-refractivity contribution in [2.45, 2.75) is 25.0 Å². The van der Waals surface area contributed by atoms with Gasteiger partial charge >= 0.3 is 0 Å². The Labute approximate surface area is 205 Å². The van der Waals surface area contributed by atoms with Crippen molar-refractivity contribution in [2.24, 2.45) is 0 Å². The highest BCUT2D eigenvalue weighted by Crippen LogP contribution is 2.38. The molecule has 6 nitrogen and oxygen atoms in total. The van der Waals surface area contributed by atoms with E-state index in [-0.39, 0.29) is 12.1 Å². The third-order valence-corrected chi connectivity index (χ3v) is 6.46. The second-order valence-electron chi connectivity index (χ2n) is 8.35. The van der Waals surface area contributed by atoms with Crippen LogP contribution in [0.25, 0.3) is 0 Å². The monoisotopic (exact) mass is 468 g/mol. The first-order valence-electron chi connectivity index (χ1n) is 11.6. The highest BCUT2D eigenvalue weighted by molar-refractivity contribution is 7.80. The van der Waals surface area contributed by atoms with Crippen LogP contribution in [0.5, 0.6) is 0 Å². The van der Waals surface area contributed by atoms with Crippen LogP contribution >= 0.6 is 12.2 Å². The quantitative estimate of drug-likeness (QED) is 0.272. The zero-order valence-corrected chi connectivity index (χ0v) is 19.7. The third-order valence-electron chi connectivity index (χ3n) is 6.10. The van der Waals surface area contributed by atoms with Crippen molar-refractivity contribution in [1.29, 1.82) is 0 Å². The van der Waals surface area contributed by atoms with E-state index < -0.39 is 0 Å². The number of nitrogens with one attached hydrogen (secondary N) is 2. The van der Waals surface area contributed by atoms with Gasteiger partial charge in [-0.25, -0.2) is 0 Å². The van der Waals surface area contributed by atoms with Gasteiger partial charge in [-0.3, -0.25) is 9.97 Å². The fourth-order valence-corrected chi connectivity index (χ4v) is 4.84. The van der Waals surface area contributed by atoms with E-state index in [1.807, 2.05) is 54.9 Å². The highest BCUT2D eigenvalue weighted by Gasteiger charge is 2.40. The van der Waals surface area contributed by atoms with Crippen molar-refractivity contribution in [3.05, 3.63) is 115 Å². The minimum Gasteiger partial charge on any atom is -0.385 e. The van der Waals surface area contributed by atoms with Gasteiger partial charge in [-0.05, 0) is 67.2 Å². The number of hydrogen-bond acceptors (Lipinski definition) is 4. The predicted octanol–water partition coefficient (Wildman–Crippen LogP) is 4.80. The van der Waals surface area contributed by atoms with Gasteiger partial charge < -0.3 is 20.1 Å². The molecule has 4 heterocycles. The number of pyridine rings is 2. The summed E-state index contributed by atoms with van der Waals surface area (Å²) in [5, 5.41) is 7.83. The molecule has 0 radical (unpaired) electrons. The summed E-state index contributed by atoms with van der Waals surface area (Å²) in [6.45, 7) is 2.43. The molecule has 1 aliphatic rings. The van der Waals surface area contributed by atoms with E-state index in [0.717, 1.165) is 41.7 Å². The summed E-state index contributed by atoms with van der Waals surface area (Å²) in [7, 11) is 0. The second kappa shape index (κ2) is 10.5. The van der Waals surface area contributed by atoms with E-state index in [4.69, 9.17) is 12.2 Å². The van der Waals surface area contributed by atoms with Gasteiger partial charge in [-0.15, -0.1) is 0 Å². The number of nitrogens with zero attached hydrogens (tertiary/aromatic N) is 4. The Kier molecular flexibility index (Phi) is 6.81. The average Bonchev–Trinajstić information content (AvgIpc) is 3.47. The lowest BCUT2D eigenvalue weighted by Gasteiger charge is -2.29. The fourth-order valence-electron chi connectivity index (χ4n) is 4.51. The lowest BCUT2D eigenvalue weighted by molar-refractivity contribution is 0.303. The van der Waals surface area contributed by atoms with Crippen LogP contribution in [0.4, 0.5) is 5.69 Å². The van der Waals surface area contributed by atoms with Crippen molar-refractivity contribution < 1.29 is 0 Å². The number of anilines is 1. The fraction of sp³-hybridized carbons (Fsp3) is 0.222. The van der Waals surface area contributed by atoms with Crippen molar-refractivity contribution in [2.75, 3.05) is 18.4 Å². The molecule has 0 aliphatic carbocycles. The number of aromatic nitrogens is 3. The molecule has 2 atom stereocenters. The van der Waals surface area contributed by atoms with Crippen LogP contribution in [0.15, 0.2) is 97.5 Å². The van der Waals surface area contributed by atoms with Gasteiger partial charge in [0.2, 0.25) is 0 Å². The summed E-state index contributed by atoms with van der Waals surface area (Å²) in [6, 6.07) is 26.7. The summed E-state index contributed by atoms with van der Waals surface area (Å²) in [4.78, 5) is 11.5. The Bertz CT molecular complexity index is 1200. The number of rotatable bonds is 9. The van der Waals surface area contributed by atoms with Crippen LogP contribution in [0, 0.1) is 0 Å². The molecule has 1 aliphatic heterocycles. The molecule has 0 spiro atoms. The van der Waals surface area contributed by atoms with E-state index in [1.54, 1.807) is 0 Å². The zero-order chi connectivity index (χ0) is 23.2. The number of benzene rings is 1. The minimum atomic E-state index is -0.0202. The molecule has 172 valence electrons. The molecule has 1 aromatic carbocycles. The molecule has 0 bridgehead atoms. The smallest absolute Gasteiger partial charge is 0.170 e. The van der Waals surface area contributed by atoms with Gasteiger partial charge in [0.25, 0.3) is 0 Å². The molecule has 7 heteroatoms. The van der Waals surface area contributed by atoms with E-state index in [9.17, 15) is 0 Å². The maximum absolute atomic E-state index is 5.83. The van der Waals surface area contributed by atoms with Gasteiger partial charge in [0.1, 0.15) is 0 Å². The van der Waals surface area contributed by atoms with Crippen LogP contribution in [0.2, 0.25) is 0 Å². The van der Waals surface area contributed by atoms with E-state index in [1.165, 1.54) is 5.69 Å². The number of hydrogen-bond donors (Lipinski definition) is 2. The van der Waals surface area contributed by atoms with E-state index in [0.29, 0.717) is 6.54 Å². The van der Waals surface area contributed by atoms with Crippen LogP contribution < -0.4 is 10.6 Å². The molecule has 5 rings (SSSR count). The summed E-state index contributed by atoms with van der Waals surface area (Å²) in [5.74, 6) is 0. The summed E-state index contributed by atoms with van der Waals surface area (Å²) >= 11 is 5.83. The van der Waals surface area contributed by atoms with Crippen LogP contribution in [-0.4, -0.2) is 37.6 Å². The van der Waals surface area contributed by atoms with E-state index in [2.05, 4.69) is 72.7 Å². The minimum absolute atomic E-state index is 0.0202. The molecule has 4 aromatic rings. The first kappa shape index (κ1) is 22.1. The first-order valence-corrected chi connectivity index (χ1v) is 12.0. The van der Waals surface area contributed by atoms with Crippen molar-refractivity contribution in [3.8, 4) is 0 Å². The first-order chi connectivity index (χ1) is 16.8. The lowest BCUT2D eigenvalue weighted by atomic mass is 10.0. The second-order valence-corrected chi connectivity index (χ2v) is 8.74. The predicted molar refractivity (Wildman–Crippen MR) is 139 cm³/mol. The summed E-state index contributed by atoms with van der Waals surface area (Å²) < 4.78 is 2.27. The molecule has 2 unspecified atom stereocenters. The average molecular weight is 469 g/mol. The van der Waals surface area contributed by atoms with Crippen molar-refractivity contribution in [1.82, 2.24) is 24.8 Å². The van der Waals surface area contributed by atoms with Crippen LogP contribution in [0.3, 0.4) is 0 Å². The largest absolute Gasteiger partial charge is 0.385 e.